The van der Waals surface area contributed by atoms with E-state index >= 15 is 0 Å². The summed E-state index contributed by atoms with van der Waals surface area (Å²) in [6, 6.07) is 6.74. The molecule has 0 aliphatic carbocycles. The molecule has 6 nitrogen and oxygen atoms in total. The van der Waals surface area contributed by atoms with Crippen LogP contribution in [0.25, 0.3) is 0 Å². The Bertz CT molecular complexity index is 640. The highest BCUT2D eigenvalue weighted by Gasteiger charge is 2.19. The lowest BCUT2D eigenvalue weighted by atomic mass is 10.1. The topological polar surface area (TPSA) is 69.7 Å². The minimum atomic E-state index is -3.40. The van der Waals surface area contributed by atoms with Crippen molar-refractivity contribution in [3.63, 3.8) is 0 Å². The largest absolute Gasteiger partial charge is 0.352 e. The average Bonchev–Trinajstić information content (AvgIpc) is 3.03. The quantitative estimate of drug-likeness (QED) is 0.760. The summed E-state index contributed by atoms with van der Waals surface area (Å²) < 4.78 is 24.5. The first-order chi connectivity index (χ1) is 10.9. The highest BCUT2D eigenvalue weighted by atomic mass is 32.2. The highest BCUT2D eigenvalue weighted by molar-refractivity contribution is 7.92. The third-order valence-corrected chi connectivity index (χ3v) is 5.31. The van der Waals surface area contributed by atoms with E-state index in [0.717, 1.165) is 36.6 Å². The molecule has 1 aliphatic heterocycles. The molecule has 0 spiro atoms. The summed E-state index contributed by atoms with van der Waals surface area (Å²) in [5.74, 6) is -0.238. The Labute approximate surface area is 138 Å². The van der Waals surface area contributed by atoms with E-state index in [9.17, 15) is 13.2 Å². The Morgan fingerprint density at radius 1 is 1.26 bits per heavy atom. The molecule has 1 aromatic rings. The number of sulfonamides is 1. The maximum absolute atomic E-state index is 12.3. The second-order valence-electron chi connectivity index (χ2n) is 5.91. The van der Waals surface area contributed by atoms with Gasteiger partial charge in [-0.25, -0.2) is 8.42 Å². The van der Waals surface area contributed by atoms with Gasteiger partial charge in [-0.15, -0.1) is 0 Å². The molecule has 1 aromatic carbocycles. The van der Waals surface area contributed by atoms with Gasteiger partial charge in [0.25, 0.3) is 5.91 Å². The molecule has 0 atom stereocenters. The third kappa shape index (κ3) is 4.94. The van der Waals surface area contributed by atoms with Crippen LogP contribution in [0.15, 0.2) is 24.3 Å². The fourth-order valence-electron chi connectivity index (χ4n) is 2.72. The Balaban J connectivity index is 1.93. The Morgan fingerprint density at radius 3 is 2.57 bits per heavy atom. The van der Waals surface area contributed by atoms with Crippen molar-refractivity contribution in [3.05, 3.63) is 29.8 Å². The van der Waals surface area contributed by atoms with E-state index in [1.807, 2.05) is 0 Å². The third-order valence-electron chi connectivity index (χ3n) is 4.12. The molecule has 1 N–H and O–H groups in total. The van der Waals surface area contributed by atoms with E-state index in [4.69, 9.17) is 0 Å². The van der Waals surface area contributed by atoms with Crippen LogP contribution in [0.5, 0.6) is 0 Å². The van der Waals surface area contributed by atoms with Gasteiger partial charge in [-0.05, 0) is 51.0 Å². The normalized spacial score (nSPS) is 15.6. The lowest BCUT2D eigenvalue weighted by molar-refractivity contribution is 0.0952. The van der Waals surface area contributed by atoms with Gasteiger partial charge in [0.1, 0.15) is 0 Å². The number of nitrogens with one attached hydrogen (secondary N) is 1. The number of hydrogen-bond acceptors (Lipinski definition) is 4. The van der Waals surface area contributed by atoms with Gasteiger partial charge in [-0.3, -0.25) is 9.10 Å². The van der Waals surface area contributed by atoms with E-state index in [-0.39, 0.29) is 5.91 Å². The predicted octanol–water partition coefficient (Wildman–Crippen LogP) is 1.30. The summed E-state index contributed by atoms with van der Waals surface area (Å²) in [7, 11) is -1.95. The number of hydrogen-bond donors (Lipinski definition) is 1. The molecule has 0 unspecified atom stereocenters. The summed E-state index contributed by atoms with van der Waals surface area (Å²) in [6.45, 7) is 3.88. The smallest absolute Gasteiger partial charge is 0.253 e. The van der Waals surface area contributed by atoms with Crippen LogP contribution >= 0.6 is 0 Å². The molecule has 2 rings (SSSR count). The van der Waals surface area contributed by atoms with Crippen molar-refractivity contribution >= 4 is 21.6 Å². The second kappa shape index (κ2) is 7.79. The molecule has 128 valence electrons. The molecule has 1 fully saturated rings. The van der Waals surface area contributed by atoms with Crippen molar-refractivity contribution < 1.29 is 13.2 Å². The number of carbonyl (C=O) groups excluding carboxylic acids is 1. The summed E-state index contributed by atoms with van der Waals surface area (Å²) in [5.41, 5.74) is 0.772. The first kappa shape index (κ1) is 17.7. The monoisotopic (exact) mass is 339 g/mol. The molecule has 1 heterocycles. The minimum absolute atomic E-state index is 0.238. The van der Waals surface area contributed by atoms with Gasteiger partial charge in [0.05, 0.1) is 17.5 Å². The van der Waals surface area contributed by atoms with Crippen molar-refractivity contribution in [2.75, 3.05) is 43.8 Å². The number of benzene rings is 1. The van der Waals surface area contributed by atoms with Crippen LogP contribution < -0.4 is 9.62 Å². The van der Waals surface area contributed by atoms with E-state index in [1.54, 1.807) is 24.3 Å². The molecular formula is C16H25N3O3S. The summed E-state index contributed by atoms with van der Waals surface area (Å²) in [6.07, 6.45) is 4.54. The van der Waals surface area contributed by atoms with Crippen LogP contribution in [0, 0.1) is 0 Å². The fourth-order valence-corrected chi connectivity index (χ4v) is 3.24. The lowest BCUT2D eigenvalue weighted by Gasteiger charge is -2.20. The molecular weight excluding hydrogens is 314 g/mol. The van der Waals surface area contributed by atoms with Crippen molar-refractivity contribution in [3.8, 4) is 0 Å². The number of likely N-dealkylation sites (tertiary alicyclic amines) is 1. The van der Waals surface area contributed by atoms with E-state index < -0.39 is 10.0 Å². The van der Waals surface area contributed by atoms with Crippen molar-refractivity contribution in [1.29, 1.82) is 0 Å². The van der Waals surface area contributed by atoms with Crippen molar-refractivity contribution in [1.82, 2.24) is 10.2 Å². The zero-order valence-corrected chi connectivity index (χ0v) is 14.6. The Kier molecular flexibility index (Phi) is 6.01. The molecule has 23 heavy (non-hydrogen) atoms. The second-order valence-corrected chi connectivity index (χ2v) is 7.92. The van der Waals surface area contributed by atoms with Gasteiger partial charge in [0.2, 0.25) is 10.0 Å². The molecule has 0 radical (unpaired) electrons. The molecule has 0 saturated carbocycles. The highest BCUT2D eigenvalue weighted by Crippen LogP contribution is 2.21. The van der Waals surface area contributed by atoms with Crippen LogP contribution in [0.2, 0.25) is 0 Å². The molecule has 1 aliphatic rings. The van der Waals surface area contributed by atoms with Gasteiger partial charge in [-0.1, -0.05) is 12.1 Å². The Hall–Kier alpha value is -1.60. The fraction of sp³-hybridized carbons (Fsp3) is 0.562. The molecule has 0 aromatic heterocycles. The zero-order valence-electron chi connectivity index (χ0n) is 13.8. The van der Waals surface area contributed by atoms with Gasteiger partial charge < -0.3 is 10.2 Å². The number of anilines is 1. The number of rotatable bonds is 7. The summed E-state index contributed by atoms with van der Waals surface area (Å²) in [4.78, 5) is 14.7. The van der Waals surface area contributed by atoms with Crippen molar-refractivity contribution in [2.45, 2.75) is 19.3 Å². The minimum Gasteiger partial charge on any atom is -0.352 e. The maximum Gasteiger partial charge on any atom is 0.253 e. The van der Waals surface area contributed by atoms with Gasteiger partial charge in [0.15, 0.2) is 0 Å². The number of carbonyl (C=O) groups is 1. The number of nitrogens with zero attached hydrogens (tertiary/aromatic N) is 2. The Morgan fingerprint density at radius 2 is 1.91 bits per heavy atom. The van der Waals surface area contributed by atoms with Crippen LogP contribution in [0.3, 0.4) is 0 Å². The number of amides is 1. The molecule has 0 bridgehead atoms. The number of para-hydroxylation sites is 1. The van der Waals surface area contributed by atoms with Crippen LogP contribution in [-0.4, -0.2) is 58.7 Å². The van der Waals surface area contributed by atoms with Crippen LogP contribution in [0.1, 0.15) is 29.6 Å². The molecule has 7 heteroatoms. The molecule has 1 amide bonds. The maximum atomic E-state index is 12.3. The van der Waals surface area contributed by atoms with E-state index in [0.29, 0.717) is 17.8 Å². The van der Waals surface area contributed by atoms with Gasteiger partial charge in [-0.2, -0.15) is 0 Å². The van der Waals surface area contributed by atoms with Crippen LogP contribution in [0.4, 0.5) is 5.69 Å². The lowest BCUT2D eigenvalue weighted by Crippen LogP contribution is -2.31. The van der Waals surface area contributed by atoms with E-state index in [2.05, 4.69) is 10.2 Å². The summed E-state index contributed by atoms with van der Waals surface area (Å²) >= 11 is 0. The van der Waals surface area contributed by atoms with E-state index in [1.165, 1.54) is 19.9 Å². The van der Waals surface area contributed by atoms with Gasteiger partial charge >= 0.3 is 0 Å². The van der Waals surface area contributed by atoms with Gasteiger partial charge in [0, 0.05) is 13.6 Å². The SMILES string of the molecule is CN(c1ccccc1C(=O)NCCCN1CCCC1)S(C)(=O)=O. The predicted molar refractivity (Wildman–Crippen MR) is 92.3 cm³/mol. The van der Waals surface area contributed by atoms with Crippen LogP contribution in [-0.2, 0) is 10.0 Å². The van der Waals surface area contributed by atoms with Crippen molar-refractivity contribution in [2.24, 2.45) is 0 Å². The first-order valence-electron chi connectivity index (χ1n) is 7.93. The zero-order chi connectivity index (χ0) is 16.9. The average molecular weight is 339 g/mol. The standard InChI is InChI=1S/C16H25N3O3S/c1-18(23(2,21)22)15-9-4-3-8-14(15)16(20)17-10-7-13-19-11-5-6-12-19/h3-4,8-9H,5-7,10-13H2,1-2H3,(H,17,20). The molecule has 1 saturated heterocycles. The first-order valence-corrected chi connectivity index (χ1v) is 9.78. The summed E-state index contributed by atoms with van der Waals surface area (Å²) in [5, 5.41) is 2.88.